The second-order valence-corrected chi connectivity index (χ2v) is 6.44. The number of carbonyl (C=O) groups is 2. The number of aromatic amines is 1. The molecule has 1 aromatic heterocycles. The number of aryl methyl sites for hydroxylation is 1. The molecule has 0 bridgehead atoms. The van der Waals surface area contributed by atoms with E-state index in [-0.39, 0.29) is 5.91 Å². The van der Waals surface area contributed by atoms with E-state index in [0.717, 1.165) is 11.9 Å². The molecule has 23 heavy (non-hydrogen) atoms. The molecule has 5 nitrogen and oxygen atoms in total. The lowest BCUT2D eigenvalue weighted by Gasteiger charge is -2.13. The Balaban J connectivity index is 1.81. The van der Waals surface area contributed by atoms with E-state index >= 15 is 0 Å². The first-order valence-corrected chi connectivity index (χ1v) is 9.07. The highest BCUT2D eigenvalue weighted by Gasteiger charge is 2.19. The summed E-state index contributed by atoms with van der Waals surface area (Å²) in [5.74, 6) is -0.450. The molecule has 124 valence electrons. The van der Waals surface area contributed by atoms with E-state index in [1.54, 1.807) is 11.8 Å². The molecule has 0 saturated heterocycles. The van der Waals surface area contributed by atoms with Crippen molar-refractivity contribution in [3.8, 4) is 0 Å². The summed E-state index contributed by atoms with van der Waals surface area (Å²) in [7, 11) is 0. The van der Waals surface area contributed by atoms with Gasteiger partial charge in [-0.3, -0.25) is 4.79 Å². The molecular formula is C17H22N2O3S. The average Bonchev–Trinajstić information content (AvgIpc) is 2.94. The molecular weight excluding hydrogens is 312 g/mol. The fraction of sp³-hybridized carbons (Fsp3) is 0.412. The highest BCUT2D eigenvalue weighted by atomic mass is 32.2. The Labute approximate surface area is 139 Å². The van der Waals surface area contributed by atoms with Gasteiger partial charge < -0.3 is 15.4 Å². The number of rotatable bonds is 9. The van der Waals surface area contributed by atoms with Crippen molar-refractivity contribution >= 4 is 34.5 Å². The van der Waals surface area contributed by atoms with Crippen molar-refractivity contribution in [2.45, 2.75) is 31.7 Å². The van der Waals surface area contributed by atoms with E-state index in [9.17, 15) is 9.59 Å². The minimum Gasteiger partial charge on any atom is -0.480 e. The summed E-state index contributed by atoms with van der Waals surface area (Å²) < 4.78 is 0. The molecule has 0 radical (unpaired) electrons. The normalized spacial score (nSPS) is 12.2. The molecule has 0 aliphatic carbocycles. The van der Waals surface area contributed by atoms with Crippen molar-refractivity contribution < 1.29 is 14.7 Å². The molecule has 6 heteroatoms. The highest BCUT2D eigenvalue weighted by Crippen LogP contribution is 2.19. The first-order valence-electron chi connectivity index (χ1n) is 7.68. The number of carbonyl (C=O) groups excluding carboxylic acids is 1. The minimum absolute atomic E-state index is 0.196. The third kappa shape index (κ3) is 5.03. The number of nitrogens with one attached hydrogen (secondary N) is 2. The Morgan fingerprint density at radius 2 is 2.13 bits per heavy atom. The van der Waals surface area contributed by atoms with Crippen molar-refractivity contribution in [3.63, 3.8) is 0 Å². The van der Waals surface area contributed by atoms with Crippen molar-refractivity contribution in [2.75, 3.05) is 12.0 Å². The van der Waals surface area contributed by atoms with Gasteiger partial charge in [0.1, 0.15) is 6.04 Å². The molecule has 0 spiro atoms. The van der Waals surface area contributed by atoms with Gasteiger partial charge in [0.25, 0.3) is 0 Å². The van der Waals surface area contributed by atoms with Crippen LogP contribution >= 0.6 is 11.8 Å². The smallest absolute Gasteiger partial charge is 0.326 e. The summed E-state index contributed by atoms with van der Waals surface area (Å²) in [5, 5.41) is 12.9. The van der Waals surface area contributed by atoms with Gasteiger partial charge in [-0.1, -0.05) is 18.2 Å². The van der Waals surface area contributed by atoms with Gasteiger partial charge in [0, 0.05) is 23.5 Å². The summed E-state index contributed by atoms with van der Waals surface area (Å²) in [6.45, 7) is 0. The van der Waals surface area contributed by atoms with Crippen LogP contribution in [-0.4, -0.2) is 40.0 Å². The number of carboxylic acids is 1. The zero-order valence-electron chi connectivity index (χ0n) is 13.2. The quantitative estimate of drug-likeness (QED) is 0.658. The standard InChI is InChI=1S/C17H22N2O3S/c1-23-10-9-15(17(21)22)19-16(20)8-4-5-12-11-18-14-7-3-2-6-13(12)14/h2-3,6-7,11,15,18H,4-5,8-10H2,1H3,(H,19,20)(H,21,22)/t15-/m1/s1. The number of aromatic nitrogens is 1. The van der Waals surface area contributed by atoms with Crippen molar-refractivity contribution in [1.29, 1.82) is 0 Å². The SMILES string of the molecule is CSCC[C@@H](NC(=O)CCCc1c[nH]c2ccccc12)C(=O)O. The maximum Gasteiger partial charge on any atom is 0.326 e. The van der Waals surface area contributed by atoms with Crippen molar-refractivity contribution in [2.24, 2.45) is 0 Å². The average molecular weight is 334 g/mol. The fourth-order valence-corrected chi connectivity index (χ4v) is 3.01. The van der Waals surface area contributed by atoms with Gasteiger partial charge in [0.2, 0.25) is 5.91 Å². The molecule has 1 heterocycles. The predicted octanol–water partition coefficient (Wildman–Crippen LogP) is 2.81. The number of para-hydroxylation sites is 1. The third-order valence-electron chi connectivity index (χ3n) is 3.77. The Morgan fingerprint density at radius 3 is 2.87 bits per heavy atom. The maximum atomic E-state index is 11.9. The molecule has 1 atom stereocenters. The lowest BCUT2D eigenvalue weighted by Crippen LogP contribution is -2.41. The van der Waals surface area contributed by atoms with Crippen LogP contribution in [0.2, 0.25) is 0 Å². The van der Waals surface area contributed by atoms with Crippen LogP contribution in [0.1, 0.15) is 24.8 Å². The second-order valence-electron chi connectivity index (χ2n) is 5.45. The zero-order valence-corrected chi connectivity index (χ0v) is 14.0. The highest BCUT2D eigenvalue weighted by molar-refractivity contribution is 7.98. The van der Waals surface area contributed by atoms with Crippen LogP contribution < -0.4 is 5.32 Å². The number of H-pyrrole nitrogens is 1. The first kappa shape index (κ1) is 17.4. The number of fused-ring (bicyclic) bond motifs is 1. The number of hydrogen-bond acceptors (Lipinski definition) is 3. The van der Waals surface area contributed by atoms with Gasteiger partial charge in [-0.2, -0.15) is 11.8 Å². The lowest BCUT2D eigenvalue weighted by atomic mass is 10.1. The summed E-state index contributed by atoms with van der Waals surface area (Å²) in [6, 6.07) is 7.27. The van der Waals surface area contributed by atoms with Crippen LogP contribution in [0.3, 0.4) is 0 Å². The van der Waals surface area contributed by atoms with Gasteiger partial charge in [-0.15, -0.1) is 0 Å². The van der Waals surface area contributed by atoms with E-state index < -0.39 is 12.0 Å². The third-order valence-corrected chi connectivity index (χ3v) is 4.41. The minimum atomic E-state index is -0.968. The molecule has 0 fully saturated rings. The number of hydrogen-bond donors (Lipinski definition) is 3. The van der Waals surface area contributed by atoms with Gasteiger partial charge in [-0.25, -0.2) is 4.79 Å². The number of aliphatic carboxylic acids is 1. The van der Waals surface area contributed by atoms with Crippen LogP contribution in [0, 0.1) is 0 Å². The van der Waals surface area contributed by atoms with E-state index in [0.29, 0.717) is 25.0 Å². The topological polar surface area (TPSA) is 82.2 Å². The van der Waals surface area contributed by atoms with Crippen LogP contribution in [0.4, 0.5) is 0 Å². The second kappa shape index (κ2) is 8.62. The van der Waals surface area contributed by atoms with E-state index in [4.69, 9.17) is 5.11 Å². The molecule has 0 unspecified atom stereocenters. The number of benzene rings is 1. The van der Waals surface area contributed by atoms with Crippen LogP contribution in [0.25, 0.3) is 10.9 Å². The van der Waals surface area contributed by atoms with Gasteiger partial charge in [-0.05, 0) is 42.9 Å². The van der Waals surface area contributed by atoms with E-state index in [2.05, 4.69) is 16.4 Å². The van der Waals surface area contributed by atoms with Crippen molar-refractivity contribution in [3.05, 3.63) is 36.0 Å². The lowest BCUT2D eigenvalue weighted by molar-refractivity contribution is -0.141. The molecule has 1 aromatic carbocycles. The van der Waals surface area contributed by atoms with Gasteiger partial charge >= 0.3 is 5.97 Å². The summed E-state index contributed by atoms with van der Waals surface area (Å²) in [4.78, 5) is 26.3. The fourth-order valence-electron chi connectivity index (χ4n) is 2.54. The molecule has 1 amide bonds. The summed E-state index contributed by atoms with van der Waals surface area (Å²) in [6.07, 6.45) is 6.17. The van der Waals surface area contributed by atoms with Crippen LogP contribution in [-0.2, 0) is 16.0 Å². The Bertz CT molecular complexity index is 669. The molecule has 0 saturated carbocycles. The molecule has 0 aliphatic heterocycles. The van der Waals surface area contributed by atoms with Crippen molar-refractivity contribution in [1.82, 2.24) is 10.3 Å². The first-order chi connectivity index (χ1) is 11.1. The molecule has 0 aliphatic rings. The number of amides is 1. The Hall–Kier alpha value is -1.95. The maximum absolute atomic E-state index is 11.9. The predicted molar refractivity (Wildman–Crippen MR) is 93.8 cm³/mol. The number of thioether (sulfide) groups is 1. The summed E-state index contributed by atoms with van der Waals surface area (Å²) in [5.41, 5.74) is 2.28. The van der Waals surface area contributed by atoms with Gasteiger partial charge in [0.05, 0.1) is 0 Å². The monoisotopic (exact) mass is 334 g/mol. The molecule has 2 aromatic rings. The van der Waals surface area contributed by atoms with E-state index in [1.165, 1.54) is 10.9 Å². The number of carboxylic acid groups (broad SMARTS) is 1. The Kier molecular flexibility index (Phi) is 6.52. The zero-order chi connectivity index (χ0) is 16.7. The largest absolute Gasteiger partial charge is 0.480 e. The Morgan fingerprint density at radius 1 is 1.35 bits per heavy atom. The van der Waals surface area contributed by atoms with E-state index in [1.807, 2.05) is 30.7 Å². The van der Waals surface area contributed by atoms with Crippen LogP contribution in [0.5, 0.6) is 0 Å². The molecule has 3 N–H and O–H groups in total. The molecule has 2 rings (SSSR count). The van der Waals surface area contributed by atoms with Crippen LogP contribution in [0.15, 0.2) is 30.5 Å². The summed E-state index contributed by atoms with van der Waals surface area (Å²) >= 11 is 1.57. The van der Waals surface area contributed by atoms with Gasteiger partial charge in [0.15, 0.2) is 0 Å².